The van der Waals surface area contributed by atoms with Crippen LogP contribution in [-0.2, 0) is 19.1 Å². The van der Waals surface area contributed by atoms with Crippen LogP contribution in [0.25, 0.3) is 0 Å². The fourth-order valence-corrected chi connectivity index (χ4v) is 1.02. The van der Waals surface area contributed by atoms with Gasteiger partial charge >= 0.3 is 5.97 Å². The summed E-state index contributed by atoms with van der Waals surface area (Å²) in [4.78, 5) is 32.7. The fourth-order valence-electron chi connectivity index (χ4n) is 1.02. The summed E-state index contributed by atoms with van der Waals surface area (Å²) in [6, 6.07) is 0. The highest BCUT2D eigenvalue weighted by atomic mass is 16.5. The molecule has 0 aromatic heterocycles. The van der Waals surface area contributed by atoms with Gasteiger partial charge < -0.3 is 15.4 Å². The highest BCUT2D eigenvalue weighted by molar-refractivity contribution is 5.79. The van der Waals surface area contributed by atoms with E-state index in [1.807, 2.05) is 0 Å². The lowest BCUT2D eigenvalue weighted by molar-refractivity contribution is -0.140. The van der Waals surface area contributed by atoms with Crippen molar-refractivity contribution in [2.24, 2.45) is 0 Å². The number of ether oxygens (including phenoxy) is 1. The van der Waals surface area contributed by atoms with Gasteiger partial charge in [0.2, 0.25) is 11.8 Å². The molecule has 0 spiro atoms. The number of hydrogen-bond acceptors (Lipinski definition) is 4. The van der Waals surface area contributed by atoms with Gasteiger partial charge in [0.15, 0.2) is 0 Å². The first-order chi connectivity index (χ1) is 7.60. The molecule has 0 unspecified atom stereocenters. The molecule has 0 aromatic carbocycles. The van der Waals surface area contributed by atoms with Crippen LogP contribution in [0.15, 0.2) is 0 Å². The predicted molar refractivity (Wildman–Crippen MR) is 57.6 cm³/mol. The van der Waals surface area contributed by atoms with Crippen LogP contribution in [0.5, 0.6) is 0 Å². The van der Waals surface area contributed by atoms with Gasteiger partial charge in [-0.15, -0.1) is 0 Å². The minimum absolute atomic E-state index is 0.116. The minimum atomic E-state index is -0.321. The third-order valence-corrected chi connectivity index (χ3v) is 1.97. The molecular formula is C10H18N2O4. The van der Waals surface area contributed by atoms with Crippen LogP contribution >= 0.6 is 0 Å². The predicted octanol–water partition coefficient (Wildman–Crippen LogP) is -0.418. The molecule has 92 valence electrons. The van der Waals surface area contributed by atoms with Gasteiger partial charge in [-0.3, -0.25) is 14.4 Å². The molecule has 0 aliphatic rings. The van der Waals surface area contributed by atoms with Crippen molar-refractivity contribution in [3.05, 3.63) is 0 Å². The van der Waals surface area contributed by atoms with Gasteiger partial charge in [0.05, 0.1) is 7.11 Å². The summed E-state index contributed by atoms with van der Waals surface area (Å²) in [5, 5.41) is 5.04. The highest BCUT2D eigenvalue weighted by Crippen LogP contribution is 1.96. The minimum Gasteiger partial charge on any atom is -0.469 e. The molecule has 0 saturated heterocycles. The van der Waals surface area contributed by atoms with E-state index < -0.39 is 0 Å². The van der Waals surface area contributed by atoms with Gasteiger partial charge in [-0.25, -0.2) is 0 Å². The number of hydrogen-bond donors (Lipinski definition) is 2. The second-order valence-corrected chi connectivity index (χ2v) is 3.20. The third-order valence-electron chi connectivity index (χ3n) is 1.97. The molecule has 0 radical (unpaired) electrons. The molecular weight excluding hydrogens is 212 g/mol. The molecule has 2 amide bonds. The van der Waals surface area contributed by atoms with Crippen LogP contribution < -0.4 is 10.6 Å². The molecule has 0 fully saturated rings. The Kier molecular flexibility index (Phi) is 7.83. The Morgan fingerprint density at radius 1 is 1.06 bits per heavy atom. The lowest BCUT2D eigenvalue weighted by atomic mass is 10.2. The van der Waals surface area contributed by atoms with E-state index in [1.54, 1.807) is 7.05 Å². The Bertz CT molecular complexity index is 229. The van der Waals surface area contributed by atoms with Crippen molar-refractivity contribution in [3.8, 4) is 0 Å². The van der Waals surface area contributed by atoms with Crippen LogP contribution in [0.1, 0.15) is 25.7 Å². The summed E-state index contributed by atoms with van der Waals surface area (Å²) in [6.07, 6.45) is 1.22. The summed E-state index contributed by atoms with van der Waals surface area (Å²) in [5.41, 5.74) is 0. The van der Waals surface area contributed by atoms with Crippen LogP contribution in [0, 0.1) is 0 Å². The summed E-state index contributed by atoms with van der Waals surface area (Å²) in [5.74, 6) is -0.596. The Hall–Kier alpha value is -1.59. The number of carbonyl (C=O) groups is 3. The third kappa shape index (κ3) is 7.78. The Morgan fingerprint density at radius 3 is 2.31 bits per heavy atom. The number of rotatable bonds is 7. The molecule has 0 heterocycles. The van der Waals surface area contributed by atoms with E-state index in [9.17, 15) is 14.4 Å². The Balaban J connectivity index is 3.45. The van der Waals surface area contributed by atoms with E-state index in [2.05, 4.69) is 15.4 Å². The van der Waals surface area contributed by atoms with Crippen molar-refractivity contribution in [1.29, 1.82) is 0 Å². The zero-order valence-electron chi connectivity index (χ0n) is 9.67. The Labute approximate surface area is 94.7 Å². The number of amides is 2. The smallest absolute Gasteiger partial charge is 0.305 e. The van der Waals surface area contributed by atoms with Crippen molar-refractivity contribution in [2.45, 2.75) is 25.7 Å². The fraction of sp³-hybridized carbons (Fsp3) is 0.700. The van der Waals surface area contributed by atoms with E-state index >= 15 is 0 Å². The molecule has 6 nitrogen and oxygen atoms in total. The number of esters is 1. The maximum absolute atomic E-state index is 11.2. The standard InChI is InChI=1S/C10H18N2O4/c1-11-8(13)6-7-12-9(14)4-3-5-10(15)16-2/h3-7H2,1-2H3,(H,11,13)(H,12,14). The van der Waals surface area contributed by atoms with Gasteiger partial charge in [-0.2, -0.15) is 0 Å². The van der Waals surface area contributed by atoms with Gasteiger partial charge in [0.25, 0.3) is 0 Å². The van der Waals surface area contributed by atoms with Crippen molar-refractivity contribution in [2.75, 3.05) is 20.7 Å². The van der Waals surface area contributed by atoms with E-state index in [-0.39, 0.29) is 37.0 Å². The molecule has 0 rings (SSSR count). The van der Waals surface area contributed by atoms with Crippen molar-refractivity contribution < 1.29 is 19.1 Å². The summed E-state index contributed by atoms with van der Waals surface area (Å²) in [7, 11) is 2.85. The van der Waals surface area contributed by atoms with Gasteiger partial charge in [-0.1, -0.05) is 0 Å². The number of carbonyl (C=O) groups excluding carboxylic acids is 3. The molecule has 0 aliphatic heterocycles. The normalized spacial score (nSPS) is 9.38. The molecule has 0 saturated carbocycles. The Morgan fingerprint density at radius 2 is 1.75 bits per heavy atom. The lowest BCUT2D eigenvalue weighted by Crippen LogP contribution is -2.29. The second-order valence-electron chi connectivity index (χ2n) is 3.20. The highest BCUT2D eigenvalue weighted by Gasteiger charge is 2.05. The topological polar surface area (TPSA) is 84.5 Å². The molecule has 0 aliphatic carbocycles. The summed E-state index contributed by atoms with van der Waals surface area (Å²) in [6.45, 7) is 0.316. The van der Waals surface area contributed by atoms with Gasteiger partial charge in [-0.05, 0) is 6.42 Å². The van der Waals surface area contributed by atoms with Crippen LogP contribution in [0.3, 0.4) is 0 Å². The first kappa shape index (κ1) is 14.4. The van der Waals surface area contributed by atoms with E-state index in [1.165, 1.54) is 7.11 Å². The maximum Gasteiger partial charge on any atom is 0.305 e. The zero-order chi connectivity index (χ0) is 12.4. The molecule has 16 heavy (non-hydrogen) atoms. The molecule has 0 atom stereocenters. The first-order valence-corrected chi connectivity index (χ1v) is 5.14. The lowest BCUT2D eigenvalue weighted by Gasteiger charge is -2.04. The van der Waals surface area contributed by atoms with Crippen molar-refractivity contribution in [3.63, 3.8) is 0 Å². The monoisotopic (exact) mass is 230 g/mol. The summed E-state index contributed by atoms with van der Waals surface area (Å²) < 4.78 is 4.44. The van der Waals surface area contributed by atoms with Crippen LogP contribution in [0.2, 0.25) is 0 Å². The second kappa shape index (κ2) is 8.70. The quantitative estimate of drug-likeness (QED) is 0.582. The largest absolute Gasteiger partial charge is 0.469 e. The average Bonchev–Trinajstić information content (AvgIpc) is 2.28. The van der Waals surface area contributed by atoms with Gasteiger partial charge in [0, 0.05) is 32.9 Å². The maximum atomic E-state index is 11.2. The zero-order valence-corrected chi connectivity index (χ0v) is 9.67. The van der Waals surface area contributed by atoms with Crippen molar-refractivity contribution in [1.82, 2.24) is 10.6 Å². The number of methoxy groups -OCH3 is 1. The van der Waals surface area contributed by atoms with Crippen LogP contribution in [-0.4, -0.2) is 38.5 Å². The molecule has 0 bridgehead atoms. The molecule has 2 N–H and O–H groups in total. The first-order valence-electron chi connectivity index (χ1n) is 5.14. The van der Waals surface area contributed by atoms with Crippen LogP contribution in [0.4, 0.5) is 0 Å². The van der Waals surface area contributed by atoms with E-state index in [4.69, 9.17) is 0 Å². The van der Waals surface area contributed by atoms with E-state index in [0.29, 0.717) is 13.0 Å². The number of nitrogens with one attached hydrogen (secondary N) is 2. The SMILES string of the molecule is CNC(=O)CCNC(=O)CCCC(=O)OC. The molecule has 6 heteroatoms. The van der Waals surface area contributed by atoms with Gasteiger partial charge in [0.1, 0.15) is 0 Å². The van der Waals surface area contributed by atoms with Crippen molar-refractivity contribution >= 4 is 17.8 Å². The molecule has 0 aromatic rings. The van der Waals surface area contributed by atoms with E-state index in [0.717, 1.165) is 0 Å². The summed E-state index contributed by atoms with van der Waals surface area (Å²) >= 11 is 0. The average molecular weight is 230 g/mol.